The highest BCUT2D eigenvalue weighted by atomic mass is 32.1. The smallest absolute Gasteiger partial charge is 0.238 e. The third-order valence-electron chi connectivity index (χ3n) is 3.88. The minimum Gasteiger partial charge on any atom is -0.396 e. The fraction of sp³-hybridized carbons (Fsp3) is 0.333. The minimum absolute atomic E-state index is 0.0378. The molecule has 0 saturated heterocycles. The number of thiophene rings is 1. The first kappa shape index (κ1) is 18.1. The Balaban J connectivity index is 1.99. The summed E-state index contributed by atoms with van der Waals surface area (Å²) in [4.78, 5) is 13.2. The quantitative estimate of drug-likeness (QED) is 0.722. The lowest BCUT2D eigenvalue weighted by Crippen LogP contribution is -2.31. The van der Waals surface area contributed by atoms with Gasteiger partial charge in [0.05, 0.1) is 12.1 Å². The van der Waals surface area contributed by atoms with Crippen LogP contribution in [0.25, 0.3) is 0 Å². The van der Waals surface area contributed by atoms with Crippen molar-refractivity contribution >= 4 is 22.2 Å². The normalized spacial score (nSPS) is 11.8. The van der Waals surface area contributed by atoms with Crippen molar-refractivity contribution in [3.8, 4) is 6.07 Å². The summed E-state index contributed by atoms with van der Waals surface area (Å²) < 4.78 is 0. The molecule has 2 aromatic rings. The van der Waals surface area contributed by atoms with Gasteiger partial charge in [-0.05, 0) is 31.4 Å². The molecule has 5 nitrogen and oxygen atoms in total. The molecule has 0 bridgehead atoms. The van der Waals surface area contributed by atoms with Crippen LogP contribution in [0.3, 0.4) is 0 Å². The number of carbonyl (C=O) groups excluding carboxylic acids is 1. The van der Waals surface area contributed by atoms with Gasteiger partial charge in [0.15, 0.2) is 0 Å². The van der Waals surface area contributed by atoms with Crippen molar-refractivity contribution in [2.75, 3.05) is 18.5 Å². The SMILES string of the molecule is Cc1sc(NC(=O)CNC(CCO)c2ccccc2)c(C#N)c1C. The number of rotatable bonds is 7. The van der Waals surface area contributed by atoms with Gasteiger partial charge in [-0.2, -0.15) is 5.26 Å². The highest BCUT2D eigenvalue weighted by Crippen LogP contribution is 2.31. The minimum atomic E-state index is -0.202. The van der Waals surface area contributed by atoms with E-state index in [-0.39, 0.29) is 25.1 Å². The van der Waals surface area contributed by atoms with E-state index in [2.05, 4.69) is 16.7 Å². The van der Waals surface area contributed by atoms with E-state index < -0.39 is 0 Å². The highest BCUT2D eigenvalue weighted by molar-refractivity contribution is 7.16. The second-order valence-electron chi connectivity index (χ2n) is 5.50. The number of aliphatic hydroxyl groups excluding tert-OH is 1. The molecule has 0 spiro atoms. The maximum Gasteiger partial charge on any atom is 0.238 e. The second-order valence-corrected chi connectivity index (χ2v) is 6.73. The van der Waals surface area contributed by atoms with Gasteiger partial charge < -0.3 is 15.7 Å². The average Bonchev–Trinajstić information content (AvgIpc) is 2.85. The number of amides is 1. The Morgan fingerprint density at radius 2 is 2.04 bits per heavy atom. The first-order valence-electron chi connectivity index (χ1n) is 7.76. The van der Waals surface area contributed by atoms with Gasteiger partial charge in [-0.15, -0.1) is 11.3 Å². The summed E-state index contributed by atoms with van der Waals surface area (Å²) in [7, 11) is 0. The van der Waals surface area contributed by atoms with Crippen molar-refractivity contribution in [3.05, 3.63) is 51.9 Å². The number of carbonyl (C=O) groups is 1. The molecule has 0 aliphatic rings. The van der Waals surface area contributed by atoms with Crippen LogP contribution in [0.1, 0.15) is 34.0 Å². The molecule has 126 valence electrons. The number of anilines is 1. The molecule has 1 unspecified atom stereocenters. The van der Waals surface area contributed by atoms with E-state index in [0.29, 0.717) is 17.0 Å². The fourth-order valence-corrected chi connectivity index (χ4v) is 3.46. The molecule has 1 aromatic carbocycles. The fourth-order valence-electron chi connectivity index (χ4n) is 2.44. The average molecular weight is 343 g/mol. The lowest BCUT2D eigenvalue weighted by molar-refractivity contribution is -0.115. The second kappa shape index (κ2) is 8.60. The Bertz CT molecular complexity index is 735. The third kappa shape index (κ3) is 4.42. The molecular weight excluding hydrogens is 322 g/mol. The Morgan fingerprint density at radius 1 is 1.33 bits per heavy atom. The lowest BCUT2D eigenvalue weighted by Gasteiger charge is -2.18. The van der Waals surface area contributed by atoms with Crippen LogP contribution in [0.5, 0.6) is 0 Å². The summed E-state index contributed by atoms with van der Waals surface area (Å²) in [5.41, 5.74) is 2.47. The maximum absolute atomic E-state index is 12.2. The molecule has 1 atom stereocenters. The van der Waals surface area contributed by atoms with Crippen molar-refractivity contribution in [2.45, 2.75) is 26.3 Å². The van der Waals surface area contributed by atoms with E-state index in [4.69, 9.17) is 0 Å². The summed E-state index contributed by atoms with van der Waals surface area (Å²) in [6.45, 7) is 3.96. The van der Waals surface area contributed by atoms with E-state index >= 15 is 0 Å². The summed E-state index contributed by atoms with van der Waals surface area (Å²) in [6, 6.07) is 11.8. The molecule has 24 heavy (non-hydrogen) atoms. The van der Waals surface area contributed by atoms with Gasteiger partial charge in [-0.1, -0.05) is 30.3 Å². The molecule has 0 saturated carbocycles. The monoisotopic (exact) mass is 343 g/mol. The predicted molar refractivity (Wildman–Crippen MR) is 96.0 cm³/mol. The number of benzene rings is 1. The zero-order valence-corrected chi connectivity index (χ0v) is 14.6. The summed E-state index contributed by atoms with van der Waals surface area (Å²) in [5, 5.41) is 25.0. The first-order chi connectivity index (χ1) is 11.6. The molecule has 3 N–H and O–H groups in total. The Morgan fingerprint density at radius 3 is 2.67 bits per heavy atom. The molecule has 2 rings (SSSR count). The predicted octanol–water partition coefficient (Wildman–Crippen LogP) is 2.89. The van der Waals surface area contributed by atoms with Crippen molar-refractivity contribution < 1.29 is 9.90 Å². The van der Waals surface area contributed by atoms with Gasteiger partial charge in [-0.25, -0.2) is 0 Å². The molecule has 1 amide bonds. The van der Waals surface area contributed by atoms with Crippen molar-refractivity contribution in [2.24, 2.45) is 0 Å². The first-order valence-corrected chi connectivity index (χ1v) is 8.57. The zero-order valence-electron chi connectivity index (χ0n) is 13.8. The van der Waals surface area contributed by atoms with E-state index in [1.54, 1.807) is 0 Å². The Hall–Kier alpha value is -2.20. The molecule has 0 aliphatic carbocycles. The van der Waals surface area contributed by atoms with Gasteiger partial charge in [0, 0.05) is 17.5 Å². The highest BCUT2D eigenvalue weighted by Gasteiger charge is 2.16. The number of aryl methyl sites for hydroxylation is 1. The molecule has 1 aromatic heterocycles. The standard InChI is InChI=1S/C18H21N3O2S/c1-12-13(2)24-18(15(12)10-19)21-17(23)11-20-16(8-9-22)14-6-4-3-5-7-14/h3-7,16,20,22H,8-9,11H2,1-2H3,(H,21,23). The number of nitriles is 1. The van der Waals surface area contributed by atoms with Crippen LogP contribution in [0.15, 0.2) is 30.3 Å². The van der Waals surface area contributed by atoms with Crippen LogP contribution in [0, 0.1) is 25.2 Å². The zero-order chi connectivity index (χ0) is 17.5. The van der Waals surface area contributed by atoms with Crippen molar-refractivity contribution in [1.29, 1.82) is 5.26 Å². The molecule has 0 fully saturated rings. The molecule has 6 heteroatoms. The number of nitrogens with zero attached hydrogens (tertiary/aromatic N) is 1. The molecule has 0 radical (unpaired) electrons. The van der Waals surface area contributed by atoms with Crippen LogP contribution in [-0.4, -0.2) is 24.2 Å². The third-order valence-corrected chi connectivity index (χ3v) is 5.00. The van der Waals surface area contributed by atoms with E-state index in [9.17, 15) is 15.2 Å². The van der Waals surface area contributed by atoms with Crippen LogP contribution < -0.4 is 10.6 Å². The lowest BCUT2D eigenvalue weighted by atomic mass is 10.0. The maximum atomic E-state index is 12.2. The number of hydrogen-bond donors (Lipinski definition) is 3. The van der Waals surface area contributed by atoms with Crippen LogP contribution in [0.4, 0.5) is 5.00 Å². The van der Waals surface area contributed by atoms with Crippen LogP contribution in [0.2, 0.25) is 0 Å². The van der Waals surface area contributed by atoms with Gasteiger partial charge in [0.1, 0.15) is 11.1 Å². The van der Waals surface area contributed by atoms with Crippen LogP contribution >= 0.6 is 11.3 Å². The Labute approximate surface area is 145 Å². The van der Waals surface area contributed by atoms with Crippen molar-refractivity contribution in [3.63, 3.8) is 0 Å². The Kier molecular flexibility index (Phi) is 6.50. The topological polar surface area (TPSA) is 85.2 Å². The van der Waals surface area contributed by atoms with Crippen molar-refractivity contribution in [1.82, 2.24) is 5.32 Å². The summed E-state index contributed by atoms with van der Waals surface area (Å²) >= 11 is 1.41. The van der Waals surface area contributed by atoms with E-state index in [0.717, 1.165) is 16.0 Å². The van der Waals surface area contributed by atoms with Gasteiger partial charge in [0.2, 0.25) is 5.91 Å². The largest absolute Gasteiger partial charge is 0.396 e. The number of aliphatic hydroxyl groups is 1. The summed E-state index contributed by atoms with van der Waals surface area (Å²) in [5.74, 6) is -0.202. The molecular formula is C18H21N3O2S. The van der Waals surface area contributed by atoms with Gasteiger partial charge >= 0.3 is 0 Å². The number of nitrogens with one attached hydrogen (secondary N) is 2. The van der Waals surface area contributed by atoms with E-state index in [1.165, 1.54) is 11.3 Å². The summed E-state index contributed by atoms with van der Waals surface area (Å²) in [6.07, 6.45) is 0.526. The van der Waals surface area contributed by atoms with E-state index in [1.807, 2.05) is 44.2 Å². The number of hydrogen-bond acceptors (Lipinski definition) is 5. The molecule has 1 heterocycles. The van der Waals surface area contributed by atoms with Crippen LogP contribution in [-0.2, 0) is 4.79 Å². The molecule has 0 aliphatic heterocycles. The van der Waals surface area contributed by atoms with Gasteiger partial charge in [-0.3, -0.25) is 4.79 Å². The van der Waals surface area contributed by atoms with Gasteiger partial charge in [0.25, 0.3) is 0 Å².